The van der Waals surface area contributed by atoms with Gasteiger partial charge in [-0.05, 0) is 60.2 Å². The third-order valence-electron chi connectivity index (χ3n) is 8.86. The van der Waals surface area contributed by atoms with Gasteiger partial charge in [-0.3, -0.25) is 14.4 Å². The van der Waals surface area contributed by atoms with Crippen LogP contribution in [0.4, 0.5) is 10.1 Å². The van der Waals surface area contributed by atoms with E-state index in [1.54, 1.807) is 99.2 Å². The molecule has 0 radical (unpaired) electrons. The van der Waals surface area contributed by atoms with Crippen LogP contribution in [0.1, 0.15) is 48.1 Å². The van der Waals surface area contributed by atoms with Gasteiger partial charge < -0.3 is 14.4 Å². The molecule has 2 heterocycles. The van der Waals surface area contributed by atoms with Gasteiger partial charge >= 0.3 is 0 Å². The normalized spacial score (nSPS) is 21.2. The third-order valence-corrected chi connectivity index (χ3v) is 8.86. The molecule has 0 saturated carbocycles. The Labute approximate surface area is 242 Å². The molecule has 0 bridgehead atoms. The number of ether oxygens (including phenoxy) is 2. The zero-order valence-electron chi connectivity index (χ0n) is 22.9. The molecule has 7 heteroatoms. The maximum Gasteiger partial charge on any atom is 0.185 e. The number of hydrogen-bond donors (Lipinski definition) is 0. The van der Waals surface area contributed by atoms with Crippen molar-refractivity contribution in [2.45, 2.75) is 18.0 Å². The van der Waals surface area contributed by atoms with E-state index < -0.39 is 29.2 Å². The van der Waals surface area contributed by atoms with Crippen LogP contribution in [0.2, 0.25) is 0 Å². The fourth-order valence-corrected chi connectivity index (χ4v) is 7.08. The first-order valence-electron chi connectivity index (χ1n) is 13.7. The number of carbonyl (C=O) groups excluding carboxylic acids is 3. The molecule has 1 fully saturated rings. The molecular weight excluding hydrogens is 533 g/mol. The highest BCUT2D eigenvalue weighted by atomic mass is 19.1. The van der Waals surface area contributed by atoms with Crippen LogP contribution in [-0.4, -0.2) is 43.7 Å². The van der Waals surface area contributed by atoms with E-state index in [1.165, 1.54) is 12.1 Å². The standard InChI is InChI=1S/C35H26FNO5/c1-41-24-14-10-20(11-15-24)32(38)31-30(22-6-5-7-25(19-22)42-2)35(33(39)26-8-3-4-9-27(26)34(35)40)29-17-12-21-18-23(36)13-16-28(21)37(29)31/h3-19,29-31H,1-2H3/t29-,30+,31-/m1/s1. The number of ketones is 3. The molecule has 1 spiro atoms. The minimum Gasteiger partial charge on any atom is -0.497 e. The second kappa shape index (κ2) is 9.52. The summed E-state index contributed by atoms with van der Waals surface area (Å²) < 4.78 is 25.2. The molecule has 0 aromatic heterocycles. The minimum absolute atomic E-state index is 0.269. The first-order chi connectivity index (χ1) is 20.4. The molecule has 1 saturated heterocycles. The molecule has 3 atom stereocenters. The number of nitrogens with zero attached hydrogens (tertiary/aromatic N) is 1. The summed E-state index contributed by atoms with van der Waals surface area (Å²) in [5, 5.41) is 0. The number of methoxy groups -OCH3 is 2. The van der Waals surface area contributed by atoms with Crippen molar-refractivity contribution >= 4 is 29.1 Å². The molecule has 0 N–H and O–H groups in total. The lowest BCUT2D eigenvalue weighted by Crippen LogP contribution is -2.48. The van der Waals surface area contributed by atoms with Crippen LogP contribution in [0, 0.1) is 11.2 Å². The second-order valence-electron chi connectivity index (χ2n) is 10.8. The topological polar surface area (TPSA) is 72.9 Å². The molecule has 4 aromatic carbocycles. The Bertz CT molecular complexity index is 1780. The zero-order chi connectivity index (χ0) is 29.2. The molecule has 6 nitrogen and oxygen atoms in total. The van der Waals surface area contributed by atoms with Gasteiger partial charge in [0.05, 0.1) is 20.3 Å². The van der Waals surface area contributed by atoms with Gasteiger partial charge in [0.25, 0.3) is 0 Å². The highest BCUT2D eigenvalue weighted by Crippen LogP contribution is 2.61. The van der Waals surface area contributed by atoms with Crippen LogP contribution in [-0.2, 0) is 0 Å². The molecule has 208 valence electrons. The van der Waals surface area contributed by atoms with Crippen molar-refractivity contribution in [3.05, 3.63) is 131 Å². The molecule has 0 amide bonds. The van der Waals surface area contributed by atoms with Gasteiger partial charge in [-0.25, -0.2) is 4.39 Å². The lowest BCUT2D eigenvalue weighted by atomic mass is 9.64. The molecule has 4 aromatic rings. The summed E-state index contributed by atoms with van der Waals surface area (Å²) in [5.41, 5.74) is 1.20. The molecule has 7 rings (SSSR count). The Morgan fingerprint density at radius 2 is 1.50 bits per heavy atom. The Morgan fingerprint density at radius 1 is 0.810 bits per heavy atom. The molecular formula is C35H26FNO5. The van der Waals surface area contributed by atoms with E-state index in [-0.39, 0.29) is 17.3 Å². The summed E-state index contributed by atoms with van der Waals surface area (Å²) in [6.07, 6.45) is 3.52. The zero-order valence-corrected chi connectivity index (χ0v) is 22.9. The van der Waals surface area contributed by atoms with E-state index in [0.717, 1.165) is 0 Å². The first kappa shape index (κ1) is 25.9. The number of hydrogen-bond acceptors (Lipinski definition) is 6. The summed E-state index contributed by atoms with van der Waals surface area (Å²) in [5.74, 6) is -1.10. The molecule has 42 heavy (non-hydrogen) atoms. The van der Waals surface area contributed by atoms with Crippen molar-refractivity contribution in [3.63, 3.8) is 0 Å². The van der Waals surface area contributed by atoms with Crippen LogP contribution < -0.4 is 14.4 Å². The number of Topliss-reactive ketones (excluding diaryl/α,β-unsaturated/α-hetero) is 3. The molecule has 3 aliphatic rings. The Morgan fingerprint density at radius 3 is 2.17 bits per heavy atom. The highest BCUT2D eigenvalue weighted by Gasteiger charge is 2.71. The predicted molar refractivity (Wildman–Crippen MR) is 156 cm³/mol. The molecule has 0 unspecified atom stereocenters. The number of anilines is 1. The van der Waals surface area contributed by atoms with E-state index in [1.807, 2.05) is 11.0 Å². The van der Waals surface area contributed by atoms with E-state index in [9.17, 15) is 18.8 Å². The number of fused-ring (bicyclic) bond motifs is 5. The van der Waals surface area contributed by atoms with E-state index >= 15 is 0 Å². The maximum absolute atomic E-state index is 14.7. The Hall–Kier alpha value is -5.04. The van der Waals surface area contributed by atoms with Crippen LogP contribution >= 0.6 is 0 Å². The average Bonchev–Trinajstić information content (AvgIpc) is 3.46. The van der Waals surface area contributed by atoms with Crippen molar-refractivity contribution in [2.24, 2.45) is 5.41 Å². The van der Waals surface area contributed by atoms with Gasteiger partial charge in [-0.2, -0.15) is 0 Å². The third kappa shape index (κ3) is 3.46. The van der Waals surface area contributed by atoms with Crippen LogP contribution in [0.3, 0.4) is 0 Å². The fourth-order valence-electron chi connectivity index (χ4n) is 7.08. The summed E-state index contributed by atoms with van der Waals surface area (Å²) in [4.78, 5) is 45.9. The van der Waals surface area contributed by atoms with Crippen LogP contribution in [0.15, 0.2) is 97.1 Å². The summed E-state index contributed by atoms with van der Waals surface area (Å²) in [7, 11) is 3.09. The average molecular weight is 560 g/mol. The monoisotopic (exact) mass is 559 g/mol. The highest BCUT2D eigenvalue weighted by molar-refractivity contribution is 6.32. The van der Waals surface area contributed by atoms with Gasteiger partial charge in [0.1, 0.15) is 28.8 Å². The Kier molecular flexibility index (Phi) is 5.87. The molecule has 1 aliphatic carbocycles. The van der Waals surface area contributed by atoms with Gasteiger partial charge in [0, 0.05) is 33.9 Å². The van der Waals surface area contributed by atoms with Crippen molar-refractivity contribution in [1.29, 1.82) is 0 Å². The van der Waals surface area contributed by atoms with Crippen molar-refractivity contribution in [3.8, 4) is 11.5 Å². The minimum atomic E-state index is -1.65. The summed E-state index contributed by atoms with van der Waals surface area (Å²) >= 11 is 0. The largest absolute Gasteiger partial charge is 0.497 e. The van der Waals surface area contributed by atoms with Gasteiger partial charge in [0.15, 0.2) is 17.3 Å². The lowest BCUT2D eigenvalue weighted by molar-refractivity contribution is 0.0665. The maximum atomic E-state index is 14.7. The number of halogens is 1. The van der Waals surface area contributed by atoms with E-state index in [0.29, 0.717) is 45.0 Å². The van der Waals surface area contributed by atoms with Gasteiger partial charge in [-0.15, -0.1) is 0 Å². The van der Waals surface area contributed by atoms with Crippen LogP contribution in [0.25, 0.3) is 6.08 Å². The smallest absolute Gasteiger partial charge is 0.185 e. The van der Waals surface area contributed by atoms with Crippen molar-refractivity contribution < 1.29 is 28.2 Å². The number of rotatable bonds is 5. The van der Waals surface area contributed by atoms with Gasteiger partial charge in [0.2, 0.25) is 0 Å². The predicted octanol–water partition coefficient (Wildman–Crippen LogP) is 6.16. The quantitative estimate of drug-likeness (QED) is 0.216. The van der Waals surface area contributed by atoms with Crippen molar-refractivity contribution in [1.82, 2.24) is 0 Å². The van der Waals surface area contributed by atoms with E-state index in [2.05, 4.69) is 0 Å². The van der Waals surface area contributed by atoms with E-state index in [4.69, 9.17) is 9.47 Å². The summed E-state index contributed by atoms with van der Waals surface area (Å²) in [6, 6.07) is 23.4. The first-order valence-corrected chi connectivity index (χ1v) is 13.7. The van der Waals surface area contributed by atoms with Crippen LogP contribution in [0.5, 0.6) is 11.5 Å². The second-order valence-corrected chi connectivity index (χ2v) is 10.8. The van der Waals surface area contributed by atoms with Gasteiger partial charge in [-0.1, -0.05) is 48.6 Å². The van der Waals surface area contributed by atoms with Crippen molar-refractivity contribution in [2.75, 3.05) is 19.1 Å². The lowest BCUT2D eigenvalue weighted by Gasteiger charge is -2.37. The Balaban J connectivity index is 1.54. The SMILES string of the molecule is COc1ccc(C(=O)[C@H]2[C@H](c3cccc(OC)c3)C3(C(=O)c4ccccc4C3=O)[C@H]3C=Cc4cc(F)ccc4N23)cc1. The number of benzene rings is 4. The fraction of sp³-hybridized carbons (Fsp3) is 0.171. The number of carbonyl (C=O) groups is 3. The molecule has 2 aliphatic heterocycles. The summed E-state index contributed by atoms with van der Waals surface area (Å²) in [6.45, 7) is 0.